The van der Waals surface area contributed by atoms with Crippen LogP contribution in [0, 0.1) is 6.42 Å². The van der Waals surface area contributed by atoms with Gasteiger partial charge in [-0.15, -0.1) is 0 Å². The lowest BCUT2D eigenvalue weighted by Crippen LogP contribution is -2.08. The van der Waals surface area contributed by atoms with E-state index in [1.807, 2.05) is 24.3 Å². The zero-order valence-electron chi connectivity index (χ0n) is 8.51. The summed E-state index contributed by atoms with van der Waals surface area (Å²) in [6.07, 6.45) is -1.58. The van der Waals surface area contributed by atoms with Crippen molar-refractivity contribution >= 4 is 10.9 Å². The van der Waals surface area contributed by atoms with E-state index in [0.29, 0.717) is 12.8 Å². The van der Waals surface area contributed by atoms with Crippen LogP contribution in [0.15, 0.2) is 30.5 Å². The molecule has 1 heterocycles. The molecule has 0 spiro atoms. The summed E-state index contributed by atoms with van der Waals surface area (Å²) in [5.41, 5.74) is 1.89. The highest BCUT2D eigenvalue weighted by Gasteiger charge is 2.26. The maximum absolute atomic E-state index is 11.9. The number of aryl methyl sites for hydroxylation is 1. The van der Waals surface area contributed by atoms with E-state index in [1.165, 1.54) is 0 Å². The van der Waals surface area contributed by atoms with Crippen LogP contribution in [-0.4, -0.2) is 11.2 Å². The summed E-state index contributed by atoms with van der Waals surface area (Å²) in [6.45, 7) is 0. The second-order valence-corrected chi connectivity index (χ2v) is 3.64. The number of aromatic nitrogens is 1. The Hall–Kier alpha value is -1.45. The van der Waals surface area contributed by atoms with Crippen LogP contribution in [-0.2, 0) is 6.42 Å². The lowest BCUT2D eigenvalue weighted by molar-refractivity contribution is -0.0981. The molecule has 85 valence electrons. The first-order valence-electron chi connectivity index (χ1n) is 5.02. The predicted octanol–water partition coefficient (Wildman–Crippen LogP) is 3.87. The summed E-state index contributed by atoms with van der Waals surface area (Å²) < 4.78 is 35.8. The van der Waals surface area contributed by atoms with Gasteiger partial charge >= 0.3 is 6.18 Å². The van der Waals surface area contributed by atoms with Crippen LogP contribution in [0.4, 0.5) is 13.2 Å². The van der Waals surface area contributed by atoms with Crippen molar-refractivity contribution < 1.29 is 13.2 Å². The van der Waals surface area contributed by atoms with Crippen molar-refractivity contribution in [3.63, 3.8) is 0 Å². The molecule has 0 unspecified atom stereocenters. The minimum absolute atomic E-state index is 0.0192. The Morgan fingerprint density at radius 3 is 2.69 bits per heavy atom. The number of para-hydroxylation sites is 1. The van der Waals surface area contributed by atoms with Crippen molar-refractivity contribution in [2.45, 2.75) is 19.0 Å². The van der Waals surface area contributed by atoms with Crippen molar-refractivity contribution in [2.24, 2.45) is 0 Å². The minimum atomic E-state index is -4.17. The minimum Gasteiger partial charge on any atom is -0.361 e. The molecule has 0 aliphatic heterocycles. The van der Waals surface area contributed by atoms with Gasteiger partial charge in [0.1, 0.15) is 0 Å². The molecule has 1 radical (unpaired) electrons. The molecule has 0 saturated carbocycles. The van der Waals surface area contributed by atoms with Gasteiger partial charge in [0.15, 0.2) is 0 Å². The molecule has 0 bridgehead atoms. The first-order valence-corrected chi connectivity index (χ1v) is 5.02. The molecule has 1 nitrogen and oxygen atoms in total. The molecular formula is C12H11F3N. The number of fused-ring (bicyclic) bond motifs is 1. The van der Waals surface area contributed by atoms with Crippen LogP contribution in [0.5, 0.6) is 0 Å². The number of hydrogen-bond donors (Lipinski definition) is 1. The molecular weight excluding hydrogens is 215 g/mol. The molecule has 2 rings (SSSR count). The fourth-order valence-electron chi connectivity index (χ4n) is 1.73. The topological polar surface area (TPSA) is 15.8 Å². The van der Waals surface area contributed by atoms with Gasteiger partial charge in [-0.25, -0.2) is 0 Å². The summed E-state index contributed by atoms with van der Waals surface area (Å²) in [7, 11) is 0. The number of alkyl halides is 3. The molecule has 0 aliphatic rings. The SMILES string of the molecule is FC(F)(F)[CH]CCc1c[nH]c2ccccc12. The van der Waals surface area contributed by atoms with Gasteiger partial charge in [0.05, 0.1) is 6.42 Å². The van der Waals surface area contributed by atoms with Gasteiger partial charge < -0.3 is 4.98 Å². The Bertz CT molecular complexity index is 470. The molecule has 2 aromatic rings. The van der Waals surface area contributed by atoms with Crippen molar-refractivity contribution in [3.05, 3.63) is 42.4 Å². The monoisotopic (exact) mass is 226 g/mol. The highest BCUT2D eigenvalue weighted by atomic mass is 19.4. The summed E-state index contributed by atoms with van der Waals surface area (Å²) >= 11 is 0. The molecule has 4 heteroatoms. The standard InChI is InChI=1S/C12H11F3N/c13-12(14,15)7-3-4-9-8-16-11-6-2-1-5-10(9)11/h1-2,5-8,16H,3-4H2. The number of H-pyrrole nitrogens is 1. The number of benzene rings is 1. The summed E-state index contributed by atoms with van der Waals surface area (Å²) in [4.78, 5) is 3.04. The fourth-order valence-corrected chi connectivity index (χ4v) is 1.73. The summed E-state index contributed by atoms with van der Waals surface area (Å²) in [5.74, 6) is 0. The molecule has 0 saturated heterocycles. The zero-order valence-corrected chi connectivity index (χ0v) is 8.51. The normalized spacial score (nSPS) is 12.2. The van der Waals surface area contributed by atoms with Crippen LogP contribution in [0.3, 0.4) is 0 Å². The second kappa shape index (κ2) is 4.20. The highest BCUT2D eigenvalue weighted by molar-refractivity contribution is 5.82. The van der Waals surface area contributed by atoms with Crippen molar-refractivity contribution in [1.82, 2.24) is 4.98 Å². The summed E-state index contributed by atoms with van der Waals surface area (Å²) in [6, 6.07) is 7.60. The first-order chi connectivity index (χ1) is 7.56. The van der Waals surface area contributed by atoms with Gasteiger partial charge in [0.2, 0.25) is 0 Å². The Labute approximate surface area is 91.3 Å². The smallest absolute Gasteiger partial charge is 0.361 e. The molecule has 16 heavy (non-hydrogen) atoms. The van der Waals surface area contributed by atoms with E-state index >= 15 is 0 Å². The van der Waals surface area contributed by atoms with E-state index in [0.717, 1.165) is 16.5 Å². The number of rotatable bonds is 3. The first kappa shape index (κ1) is 11.0. The third-order valence-corrected chi connectivity index (χ3v) is 2.46. The average molecular weight is 226 g/mol. The van der Waals surface area contributed by atoms with Crippen LogP contribution < -0.4 is 0 Å². The third-order valence-electron chi connectivity index (χ3n) is 2.46. The molecule has 1 aromatic heterocycles. The number of aromatic amines is 1. The molecule has 1 aromatic carbocycles. The van der Waals surface area contributed by atoms with E-state index < -0.39 is 6.18 Å². The largest absolute Gasteiger partial charge is 0.392 e. The van der Waals surface area contributed by atoms with E-state index in [1.54, 1.807) is 6.20 Å². The van der Waals surface area contributed by atoms with Crippen molar-refractivity contribution in [2.75, 3.05) is 0 Å². The maximum Gasteiger partial charge on any atom is 0.392 e. The quantitative estimate of drug-likeness (QED) is 0.817. The Kier molecular flexibility index (Phi) is 2.90. The van der Waals surface area contributed by atoms with Crippen molar-refractivity contribution in [3.8, 4) is 0 Å². The van der Waals surface area contributed by atoms with Crippen LogP contribution in [0.2, 0.25) is 0 Å². The zero-order chi connectivity index (χ0) is 11.6. The van der Waals surface area contributed by atoms with Crippen LogP contribution >= 0.6 is 0 Å². The van der Waals surface area contributed by atoms with E-state index in [4.69, 9.17) is 0 Å². The van der Waals surface area contributed by atoms with Gasteiger partial charge in [-0.1, -0.05) is 18.2 Å². The fraction of sp³-hybridized carbons (Fsp3) is 0.250. The molecule has 0 fully saturated rings. The molecule has 0 aliphatic carbocycles. The Morgan fingerprint density at radius 2 is 1.94 bits per heavy atom. The number of nitrogens with one attached hydrogen (secondary N) is 1. The van der Waals surface area contributed by atoms with E-state index in [9.17, 15) is 13.2 Å². The number of hydrogen-bond acceptors (Lipinski definition) is 0. The lowest BCUT2D eigenvalue weighted by Gasteiger charge is -2.04. The third kappa shape index (κ3) is 2.56. The molecule has 0 atom stereocenters. The molecule has 1 N–H and O–H groups in total. The van der Waals surface area contributed by atoms with Gasteiger partial charge in [0.25, 0.3) is 0 Å². The van der Waals surface area contributed by atoms with Crippen molar-refractivity contribution in [1.29, 1.82) is 0 Å². The average Bonchev–Trinajstić information content (AvgIpc) is 2.60. The lowest BCUT2D eigenvalue weighted by atomic mass is 10.1. The van der Waals surface area contributed by atoms with Gasteiger partial charge in [-0.05, 0) is 24.5 Å². The van der Waals surface area contributed by atoms with E-state index in [2.05, 4.69) is 4.98 Å². The van der Waals surface area contributed by atoms with Gasteiger partial charge in [0, 0.05) is 17.1 Å². The summed E-state index contributed by atoms with van der Waals surface area (Å²) in [5, 5.41) is 0.998. The van der Waals surface area contributed by atoms with Crippen LogP contribution in [0.1, 0.15) is 12.0 Å². The Morgan fingerprint density at radius 1 is 1.19 bits per heavy atom. The highest BCUT2D eigenvalue weighted by Crippen LogP contribution is 2.24. The Balaban J connectivity index is 2.05. The number of halogens is 3. The maximum atomic E-state index is 11.9. The van der Waals surface area contributed by atoms with Crippen LogP contribution in [0.25, 0.3) is 10.9 Å². The van der Waals surface area contributed by atoms with Gasteiger partial charge in [-0.3, -0.25) is 0 Å². The second-order valence-electron chi connectivity index (χ2n) is 3.64. The van der Waals surface area contributed by atoms with Gasteiger partial charge in [-0.2, -0.15) is 13.2 Å². The van der Waals surface area contributed by atoms with E-state index in [-0.39, 0.29) is 6.42 Å². The molecule has 0 amide bonds. The predicted molar refractivity (Wildman–Crippen MR) is 57.0 cm³/mol.